The summed E-state index contributed by atoms with van der Waals surface area (Å²) in [6.07, 6.45) is 0. The lowest BCUT2D eigenvalue weighted by Crippen LogP contribution is -2.03. The molecule has 0 saturated carbocycles. The van der Waals surface area contributed by atoms with Gasteiger partial charge in [-0.15, -0.1) is 0 Å². The summed E-state index contributed by atoms with van der Waals surface area (Å²) in [5.41, 5.74) is 5.82. The van der Waals surface area contributed by atoms with Crippen molar-refractivity contribution < 1.29 is 5.11 Å². The highest BCUT2D eigenvalue weighted by Crippen LogP contribution is 2.30. The Labute approximate surface area is 124 Å². The summed E-state index contributed by atoms with van der Waals surface area (Å²) in [4.78, 5) is 7.45. The Bertz CT molecular complexity index is 844. The van der Waals surface area contributed by atoms with Gasteiger partial charge in [0.15, 0.2) is 5.88 Å². The molecule has 0 aliphatic heterocycles. The van der Waals surface area contributed by atoms with Crippen LogP contribution < -0.4 is 0 Å². The predicted molar refractivity (Wildman–Crippen MR) is 87.4 cm³/mol. The predicted octanol–water partition coefficient (Wildman–Crippen LogP) is 3.96. The Morgan fingerprint density at radius 1 is 1.05 bits per heavy atom. The molecule has 3 aromatic rings. The molecule has 106 valence electrons. The maximum absolute atomic E-state index is 10.3. The van der Waals surface area contributed by atoms with Crippen LogP contribution in [0.25, 0.3) is 10.9 Å². The number of nitrogens with one attached hydrogen (secondary N) is 1. The average molecular weight is 278 g/mol. The Morgan fingerprint density at radius 3 is 2.52 bits per heavy atom. The fraction of sp³-hybridized carbons (Fsp3) is 0.167. The van der Waals surface area contributed by atoms with Crippen LogP contribution in [0.2, 0.25) is 0 Å². The van der Waals surface area contributed by atoms with Crippen molar-refractivity contribution in [2.75, 3.05) is 7.05 Å². The monoisotopic (exact) mass is 278 g/mol. The van der Waals surface area contributed by atoms with Gasteiger partial charge >= 0.3 is 0 Å². The molecule has 0 amide bonds. The Balaban J connectivity index is 2.25. The van der Waals surface area contributed by atoms with Crippen molar-refractivity contribution >= 4 is 16.6 Å². The highest BCUT2D eigenvalue weighted by Gasteiger charge is 2.17. The van der Waals surface area contributed by atoms with Gasteiger partial charge in [-0.1, -0.05) is 35.9 Å². The van der Waals surface area contributed by atoms with E-state index in [-0.39, 0.29) is 5.88 Å². The number of benzene rings is 2. The summed E-state index contributed by atoms with van der Waals surface area (Å²) >= 11 is 0. The normalized spacial score (nSPS) is 12.0. The van der Waals surface area contributed by atoms with E-state index in [0.29, 0.717) is 0 Å². The minimum absolute atomic E-state index is 0.165. The maximum Gasteiger partial charge on any atom is 0.199 e. The first kappa shape index (κ1) is 13.4. The van der Waals surface area contributed by atoms with Gasteiger partial charge in [0.2, 0.25) is 0 Å². The van der Waals surface area contributed by atoms with Gasteiger partial charge < -0.3 is 10.1 Å². The first-order valence-corrected chi connectivity index (χ1v) is 6.95. The number of aliphatic imine (C=N–C) groups is 1. The van der Waals surface area contributed by atoms with Gasteiger partial charge in [0.1, 0.15) is 0 Å². The third-order valence-electron chi connectivity index (χ3n) is 3.69. The molecule has 1 heterocycles. The molecule has 0 fully saturated rings. The third kappa shape index (κ3) is 2.31. The van der Waals surface area contributed by atoms with E-state index in [1.807, 2.05) is 37.3 Å². The maximum atomic E-state index is 10.3. The van der Waals surface area contributed by atoms with Crippen LogP contribution in [0, 0.1) is 13.8 Å². The van der Waals surface area contributed by atoms with Crippen LogP contribution in [-0.2, 0) is 0 Å². The third-order valence-corrected chi connectivity index (χ3v) is 3.69. The van der Waals surface area contributed by atoms with Crippen molar-refractivity contribution in [1.82, 2.24) is 4.98 Å². The summed E-state index contributed by atoms with van der Waals surface area (Å²) in [5, 5.41) is 11.3. The SMILES string of the molecule is CN=C(c1cccc(C)c1)c1c(O)[nH]c2cc(C)ccc12. The number of aromatic amines is 1. The standard InChI is InChI=1S/C18H18N2O/c1-11-5-4-6-13(9-11)17(19-3)16-14-8-7-12(2)10-15(14)20-18(16)21/h4-10,20-21H,1-3H3. The number of rotatable bonds is 2. The zero-order valence-corrected chi connectivity index (χ0v) is 12.4. The van der Waals surface area contributed by atoms with Crippen LogP contribution in [0.5, 0.6) is 5.88 Å². The van der Waals surface area contributed by atoms with E-state index >= 15 is 0 Å². The second-order valence-electron chi connectivity index (χ2n) is 5.34. The van der Waals surface area contributed by atoms with Crippen molar-refractivity contribution in [3.05, 3.63) is 64.7 Å². The highest BCUT2D eigenvalue weighted by molar-refractivity contribution is 6.21. The zero-order valence-electron chi connectivity index (χ0n) is 12.4. The number of aromatic hydroxyl groups is 1. The van der Waals surface area contributed by atoms with Crippen molar-refractivity contribution in [1.29, 1.82) is 0 Å². The van der Waals surface area contributed by atoms with Gasteiger partial charge in [-0.2, -0.15) is 0 Å². The largest absolute Gasteiger partial charge is 0.494 e. The summed E-state index contributed by atoms with van der Waals surface area (Å²) < 4.78 is 0. The van der Waals surface area contributed by atoms with Gasteiger partial charge in [-0.25, -0.2) is 0 Å². The van der Waals surface area contributed by atoms with Crippen LogP contribution in [-0.4, -0.2) is 22.8 Å². The number of aryl methyl sites for hydroxylation is 2. The quantitative estimate of drug-likeness (QED) is 0.685. The molecule has 0 aliphatic rings. The van der Waals surface area contributed by atoms with Crippen molar-refractivity contribution in [2.24, 2.45) is 4.99 Å². The molecule has 0 aliphatic carbocycles. The molecule has 0 spiro atoms. The van der Waals surface area contributed by atoms with E-state index in [9.17, 15) is 5.11 Å². The van der Waals surface area contributed by atoms with E-state index in [2.05, 4.69) is 29.0 Å². The van der Waals surface area contributed by atoms with Crippen LogP contribution in [0.1, 0.15) is 22.3 Å². The number of nitrogens with zero attached hydrogens (tertiary/aromatic N) is 1. The molecule has 3 heteroatoms. The lowest BCUT2D eigenvalue weighted by molar-refractivity contribution is 0.457. The molecular formula is C18H18N2O. The summed E-state index contributed by atoms with van der Waals surface area (Å²) in [7, 11) is 1.75. The van der Waals surface area contributed by atoms with Gasteiger partial charge in [0.05, 0.1) is 11.3 Å². The van der Waals surface area contributed by atoms with E-state index in [1.54, 1.807) is 7.05 Å². The lowest BCUT2D eigenvalue weighted by Gasteiger charge is -2.07. The summed E-state index contributed by atoms with van der Waals surface area (Å²) in [6.45, 7) is 4.08. The van der Waals surface area contributed by atoms with E-state index in [1.165, 1.54) is 5.56 Å². The fourth-order valence-electron chi connectivity index (χ4n) is 2.71. The molecule has 2 aromatic carbocycles. The minimum atomic E-state index is 0.165. The topological polar surface area (TPSA) is 48.4 Å². The van der Waals surface area contributed by atoms with Crippen molar-refractivity contribution in [3.8, 4) is 5.88 Å². The first-order chi connectivity index (χ1) is 10.1. The van der Waals surface area contributed by atoms with Crippen molar-refractivity contribution in [3.63, 3.8) is 0 Å². The molecule has 1 aromatic heterocycles. The van der Waals surface area contributed by atoms with E-state index in [4.69, 9.17) is 0 Å². The Kier molecular flexibility index (Phi) is 3.26. The molecular weight excluding hydrogens is 260 g/mol. The minimum Gasteiger partial charge on any atom is -0.494 e. The molecule has 0 atom stereocenters. The number of aromatic nitrogens is 1. The Morgan fingerprint density at radius 2 is 1.81 bits per heavy atom. The number of H-pyrrole nitrogens is 1. The van der Waals surface area contributed by atoms with E-state index in [0.717, 1.165) is 33.3 Å². The highest BCUT2D eigenvalue weighted by atomic mass is 16.3. The van der Waals surface area contributed by atoms with Gasteiger partial charge in [0.25, 0.3) is 0 Å². The molecule has 0 saturated heterocycles. The van der Waals surface area contributed by atoms with Crippen LogP contribution in [0.15, 0.2) is 47.5 Å². The molecule has 21 heavy (non-hydrogen) atoms. The smallest absolute Gasteiger partial charge is 0.199 e. The summed E-state index contributed by atoms with van der Waals surface area (Å²) in [5.74, 6) is 0.165. The number of hydrogen-bond acceptors (Lipinski definition) is 2. The molecule has 3 rings (SSSR count). The van der Waals surface area contributed by atoms with Gasteiger partial charge in [-0.05, 0) is 31.5 Å². The lowest BCUT2D eigenvalue weighted by atomic mass is 9.99. The second kappa shape index (κ2) is 5.09. The Hall–Kier alpha value is -2.55. The van der Waals surface area contributed by atoms with Crippen molar-refractivity contribution in [2.45, 2.75) is 13.8 Å². The molecule has 0 bridgehead atoms. The van der Waals surface area contributed by atoms with Crippen LogP contribution in [0.3, 0.4) is 0 Å². The zero-order chi connectivity index (χ0) is 15.0. The number of hydrogen-bond donors (Lipinski definition) is 2. The summed E-state index contributed by atoms with van der Waals surface area (Å²) in [6, 6.07) is 14.2. The van der Waals surface area contributed by atoms with Crippen LogP contribution in [0.4, 0.5) is 0 Å². The first-order valence-electron chi connectivity index (χ1n) is 6.95. The second-order valence-corrected chi connectivity index (χ2v) is 5.34. The molecule has 0 radical (unpaired) electrons. The molecule has 2 N–H and O–H groups in total. The number of fused-ring (bicyclic) bond motifs is 1. The fourth-order valence-corrected chi connectivity index (χ4v) is 2.71. The van der Waals surface area contributed by atoms with Gasteiger partial charge in [0, 0.05) is 23.5 Å². The average Bonchev–Trinajstić information content (AvgIpc) is 2.76. The van der Waals surface area contributed by atoms with E-state index < -0.39 is 0 Å². The molecule has 0 unspecified atom stereocenters. The van der Waals surface area contributed by atoms with Crippen LogP contribution >= 0.6 is 0 Å². The molecule has 3 nitrogen and oxygen atoms in total. The van der Waals surface area contributed by atoms with Gasteiger partial charge in [-0.3, -0.25) is 4.99 Å².